The summed E-state index contributed by atoms with van der Waals surface area (Å²) in [5, 5.41) is 0. The molecule has 0 aliphatic heterocycles. The third kappa shape index (κ3) is 2.62. The summed E-state index contributed by atoms with van der Waals surface area (Å²) in [4.78, 5) is 0. The van der Waals surface area contributed by atoms with E-state index in [1.165, 1.54) is 0 Å². The lowest BCUT2D eigenvalue weighted by molar-refractivity contribution is -0.268. The second kappa shape index (κ2) is 4.18. The van der Waals surface area contributed by atoms with Gasteiger partial charge >= 0.3 is 18.3 Å². The lowest BCUT2D eigenvalue weighted by Crippen LogP contribution is -2.47. The van der Waals surface area contributed by atoms with Gasteiger partial charge in [-0.1, -0.05) is 6.08 Å². The summed E-state index contributed by atoms with van der Waals surface area (Å²) in [7, 11) is 0. The molecule has 0 fully saturated rings. The third-order valence-electron chi connectivity index (χ3n) is 1.47. The van der Waals surface area contributed by atoms with Gasteiger partial charge in [0.2, 0.25) is 0 Å². The van der Waals surface area contributed by atoms with Gasteiger partial charge in [-0.2, -0.15) is 17.6 Å². The summed E-state index contributed by atoms with van der Waals surface area (Å²) in [6, 6.07) is 0. The number of alkyl halides is 7. The Morgan fingerprint density at radius 2 is 1.50 bits per heavy atom. The van der Waals surface area contributed by atoms with Crippen LogP contribution in [0, 0.1) is 0 Å². The van der Waals surface area contributed by atoms with Gasteiger partial charge in [0.25, 0.3) is 0 Å². The Labute approximate surface area is 75.4 Å². The van der Waals surface area contributed by atoms with Crippen molar-refractivity contribution >= 4 is 0 Å². The summed E-state index contributed by atoms with van der Waals surface area (Å²) in [6.07, 6.45) is -8.65. The maximum absolute atomic E-state index is 12.4. The second-order valence-electron chi connectivity index (χ2n) is 2.58. The highest BCUT2D eigenvalue weighted by Gasteiger charge is 2.63. The molecule has 7 heteroatoms. The van der Waals surface area contributed by atoms with Crippen LogP contribution >= 0.6 is 0 Å². The van der Waals surface area contributed by atoms with Gasteiger partial charge in [0.1, 0.15) is 6.17 Å². The van der Waals surface area contributed by atoms with E-state index in [9.17, 15) is 30.7 Å². The van der Waals surface area contributed by atoms with Crippen LogP contribution in [0.2, 0.25) is 0 Å². The largest absolute Gasteiger partial charge is 0.369 e. The minimum atomic E-state index is -5.53. The Bertz CT molecular complexity index is 198. The van der Waals surface area contributed by atoms with E-state index in [-0.39, 0.29) is 0 Å². The standard InChI is InChI=1S/C7H7F7/c1-2-4(8)3-6(11,12)7(13,14)5(9)10/h2,4-5H,1,3H2. The monoisotopic (exact) mass is 224 g/mol. The van der Waals surface area contributed by atoms with Crippen LogP contribution in [0.15, 0.2) is 12.7 Å². The molecule has 0 spiro atoms. The number of allylic oxidation sites excluding steroid dienone is 1. The average Bonchev–Trinajstić information content (AvgIpc) is 2.02. The molecule has 0 heterocycles. The minimum absolute atomic E-state index is 0.343. The molecule has 84 valence electrons. The van der Waals surface area contributed by atoms with Crippen LogP contribution in [0.3, 0.4) is 0 Å². The first-order valence-corrected chi connectivity index (χ1v) is 3.45. The normalized spacial score (nSPS) is 15.7. The first-order chi connectivity index (χ1) is 6.15. The van der Waals surface area contributed by atoms with Crippen molar-refractivity contribution in [2.45, 2.75) is 30.9 Å². The van der Waals surface area contributed by atoms with Crippen molar-refractivity contribution in [2.75, 3.05) is 0 Å². The van der Waals surface area contributed by atoms with Gasteiger partial charge in [0, 0.05) is 0 Å². The maximum Gasteiger partial charge on any atom is 0.369 e. The van der Waals surface area contributed by atoms with Gasteiger partial charge in [0.05, 0.1) is 6.42 Å². The van der Waals surface area contributed by atoms with E-state index >= 15 is 0 Å². The van der Waals surface area contributed by atoms with Crippen molar-refractivity contribution in [1.82, 2.24) is 0 Å². The van der Waals surface area contributed by atoms with Gasteiger partial charge in [-0.25, -0.2) is 13.2 Å². The molecule has 0 saturated heterocycles. The average molecular weight is 224 g/mol. The molecule has 1 atom stereocenters. The number of hydrogen-bond donors (Lipinski definition) is 0. The molecule has 14 heavy (non-hydrogen) atoms. The summed E-state index contributed by atoms with van der Waals surface area (Å²) in [5.41, 5.74) is 0. The lowest BCUT2D eigenvalue weighted by atomic mass is 10.1. The predicted molar refractivity (Wildman–Crippen MR) is 35.6 cm³/mol. The fraction of sp³-hybridized carbons (Fsp3) is 0.714. The lowest BCUT2D eigenvalue weighted by Gasteiger charge is -2.26. The highest BCUT2D eigenvalue weighted by molar-refractivity contribution is 4.93. The third-order valence-corrected chi connectivity index (χ3v) is 1.47. The SMILES string of the molecule is C=CC(F)CC(F)(F)C(F)(F)C(F)F. The fourth-order valence-corrected chi connectivity index (χ4v) is 0.624. The van der Waals surface area contributed by atoms with E-state index in [1.54, 1.807) is 0 Å². The van der Waals surface area contributed by atoms with Crippen LogP contribution in [0.5, 0.6) is 0 Å². The zero-order valence-corrected chi connectivity index (χ0v) is 6.79. The predicted octanol–water partition coefficient (Wildman–Crippen LogP) is 3.44. The molecule has 1 unspecified atom stereocenters. The molecule has 0 rings (SSSR count). The summed E-state index contributed by atoms with van der Waals surface area (Å²) in [5.74, 6) is -10.6. The molecule has 0 radical (unpaired) electrons. The summed E-state index contributed by atoms with van der Waals surface area (Å²) < 4.78 is 84.2. The molecule has 0 saturated carbocycles. The first-order valence-electron chi connectivity index (χ1n) is 3.45. The van der Waals surface area contributed by atoms with Crippen LogP contribution in [0.1, 0.15) is 6.42 Å². The minimum Gasteiger partial charge on any atom is -0.243 e. The Kier molecular flexibility index (Phi) is 3.96. The zero-order valence-electron chi connectivity index (χ0n) is 6.79. The van der Waals surface area contributed by atoms with E-state index in [0.717, 1.165) is 0 Å². The Morgan fingerprint density at radius 1 is 1.07 bits per heavy atom. The van der Waals surface area contributed by atoms with E-state index in [4.69, 9.17) is 0 Å². The smallest absolute Gasteiger partial charge is 0.243 e. The number of hydrogen-bond acceptors (Lipinski definition) is 0. The molecule has 0 aromatic heterocycles. The van der Waals surface area contributed by atoms with Crippen LogP contribution < -0.4 is 0 Å². The highest BCUT2D eigenvalue weighted by Crippen LogP contribution is 2.42. The fourth-order valence-electron chi connectivity index (χ4n) is 0.624. The van der Waals surface area contributed by atoms with Crippen molar-refractivity contribution in [3.05, 3.63) is 12.7 Å². The maximum atomic E-state index is 12.4. The van der Waals surface area contributed by atoms with Crippen LogP contribution in [0.25, 0.3) is 0 Å². The quantitative estimate of drug-likeness (QED) is 0.495. The molecule has 0 N–H and O–H groups in total. The van der Waals surface area contributed by atoms with Gasteiger partial charge in [-0.15, -0.1) is 6.58 Å². The van der Waals surface area contributed by atoms with Crippen LogP contribution in [0.4, 0.5) is 30.7 Å². The topological polar surface area (TPSA) is 0 Å². The van der Waals surface area contributed by atoms with Crippen molar-refractivity contribution in [2.24, 2.45) is 0 Å². The van der Waals surface area contributed by atoms with E-state index in [2.05, 4.69) is 6.58 Å². The van der Waals surface area contributed by atoms with E-state index in [1.807, 2.05) is 0 Å². The highest BCUT2D eigenvalue weighted by atomic mass is 19.3. The van der Waals surface area contributed by atoms with E-state index in [0.29, 0.717) is 6.08 Å². The molecule has 0 aliphatic carbocycles. The molecular formula is C7H7F7. The second-order valence-corrected chi connectivity index (χ2v) is 2.58. The summed E-state index contributed by atoms with van der Waals surface area (Å²) >= 11 is 0. The molecule has 0 bridgehead atoms. The number of halogens is 7. The Hall–Kier alpha value is -0.750. The molecular weight excluding hydrogens is 217 g/mol. The van der Waals surface area contributed by atoms with Crippen molar-refractivity contribution in [3.8, 4) is 0 Å². The van der Waals surface area contributed by atoms with Gasteiger partial charge < -0.3 is 0 Å². The van der Waals surface area contributed by atoms with Crippen molar-refractivity contribution in [1.29, 1.82) is 0 Å². The van der Waals surface area contributed by atoms with Gasteiger partial charge in [0.15, 0.2) is 0 Å². The molecule has 0 aromatic rings. The molecule has 0 amide bonds. The van der Waals surface area contributed by atoms with Crippen molar-refractivity contribution in [3.63, 3.8) is 0 Å². The van der Waals surface area contributed by atoms with Crippen molar-refractivity contribution < 1.29 is 30.7 Å². The van der Waals surface area contributed by atoms with Gasteiger partial charge in [-0.05, 0) is 0 Å². The Balaban J connectivity index is 4.67. The first kappa shape index (κ1) is 13.2. The molecule has 0 nitrogen and oxygen atoms in total. The van der Waals surface area contributed by atoms with E-state index < -0.39 is 30.9 Å². The Morgan fingerprint density at radius 3 is 1.79 bits per heavy atom. The van der Waals surface area contributed by atoms with Crippen LogP contribution in [-0.2, 0) is 0 Å². The zero-order chi connectivity index (χ0) is 11.6. The molecule has 0 aromatic carbocycles. The van der Waals surface area contributed by atoms with Gasteiger partial charge in [-0.3, -0.25) is 0 Å². The molecule has 0 aliphatic rings. The number of rotatable bonds is 5. The summed E-state index contributed by atoms with van der Waals surface area (Å²) in [6.45, 7) is 2.73. The van der Waals surface area contributed by atoms with Crippen LogP contribution in [-0.4, -0.2) is 24.4 Å².